The molecule has 2 aromatic carbocycles. The highest BCUT2D eigenvalue weighted by Crippen LogP contribution is 2.44. The normalized spacial score (nSPS) is 17.9. The average molecular weight is 465 g/mol. The van der Waals surface area contributed by atoms with Crippen LogP contribution in [0.3, 0.4) is 0 Å². The number of nitrogens with one attached hydrogen (secondary N) is 1. The topological polar surface area (TPSA) is 95.9 Å². The van der Waals surface area contributed by atoms with Gasteiger partial charge in [0.25, 0.3) is 0 Å². The van der Waals surface area contributed by atoms with Crippen molar-refractivity contribution in [3.05, 3.63) is 59.7 Å². The van der Waals surface area contributed by atoms with Crippen molar-refractivity contribution in [3.63, 3.8) is 0 Å². The predicted octanol–water partition coefficient (Wildman–Crippen LogP) is 4.41. The van der Waals surface area contributed by atoms with Crippen molar-refractivity contribution in [2.45, 2.75) is 58.0 Å². The molecule has 0 aromatic heterocycles. The maximum absolute atomic E-state index is 12.8. The Bertz CT molecular complexity index is 1040. The molecular weight excluding hydrogens is 432 g/mol. The van der Waals surface area contributed by atoms with Gasteiger partial charge in [-0.05, 0) is 40.5 Å². The minimum atomic E-state index is -0.989. The first-order valence-electron chi connectivity index (χ1n) is 11.8. The summed E-state index contributed by atoms with van der Waals surface area (Å²) in [5.74, 6) is -1.29. The van der Waals surface area contributed by atoms with Gasteiger partial charge >= 0.3 is 12.1 Å². The number of carbonyl (C=O) groups excluding carboxylic acids is 2. The van der Waals surface area contributed by atoms with Crippen LogP contribution in [-0.4, -0.2) is 53.2 Å². The second-order valence-electron chi connectivity index (χ2n) is 10.4. The third-order valence-corrected chi connectivity index (χ3v) is 6.57. The number of likely N-dealkylation sites (tertiary alicyclic amines) is 1. The molecule has 2 aromatic rings. The van der Waals surface area contributed by atoms with E-state index in [1.807, 2.05) is 45.0 Å². The van der Waals surface area contributed by atoms with Crippen molar-refractivity contribution in [3.8, 4) is 11.1 Å². The fraction of sp³-hybridized carbons (Fsp3) is 0.444. The van der Waals surface area contributed by atoms with Gasteiger partial charge in [0.15, 0.2) is 0 Å². The number of ether oxygens (including phenoxy) is 1. The van der Waals surface area contributed by atoms with E-state index in [1.54, 1.807) is 0 Å². The van der Waals surface area contributed by atoms with Crippen molar-refractivity contribution < 1.29 is 24.2 Å². The Kier molecular flexibility index (Phi) is 6.64. The van der Waals surface area contributed by atoms with Crippen LogP contribution in [0.15, 0.2) is 48.5 Å². The number of benzene rings is 2. The zero-order chi connectivity index (χ0) is 24.5. The van der Waals surface area contributed by atoms with Crippen molar-refractivity contribution >= 4 is 18.0 Å². The van der Waals surface area contributed by atoms with Gasteiger partial charge in [0.2, 0.25) is 5.91 Å². The Morgan fingerprint density at radius 3 is 2.15 bits per heavy atom. The highest BCUT2D eigenvalue weighted by Gasteiger charge is 2.38. The third-order valence-electron chi connectivity index (χ3n) is 6.57. The summed E-state index contributed by atoms with van der Waals surface area (Å²) < 4.78 is 5.66. The van der Waals surface area contributed by atoms with Crippen LogP contribution in [-0.2, 0) is 14.3 Å². The lowest BCUT2D eigenvalue weighted by Crippen LogP contribution is -2.56. The fourth-order valence-electron chi connectivity index (χ4n) is 4.99. The van der Waals surface area contributed by atoms with Crippen LogP contribution in [0.25, 0.3) is 11.1 Å². The van der Waals surface area contributed by atoms with E-state index in [0.29, 0.717) is 19.4 Å². The van der Waals surface area contributed by atoms with Crippen molar-refractivity contribution in [2.75, 3.05) is 13.2 Å². The summed E-state index contributed by atoms with van der Waals surface area (Å²) >= 11 is 0. The smallest absolute Gasteiger partial charge is 0.407 e. The zero-order valence-corrected chi connectivity index (χ0v) is 19.9. The first kappa shape index (κ1) is 23.8. The highest BCUT2D eigenvalue weighted by atomic mass is 16.5. The number of carboxylic acid groups (broad SMARTS) is 1. The Morgan fingerprint density at radius 1 is 1.06 bits per heavy atom. The molecule has 1 heterocycles. The molecule has 0 radical (unpaired) electrons. The van der Waals surface area contributed by atoms with Crippen molar-refractivity contribution in [1.82, 2.24) is 10.2 Å². The molecule has 1 fully saturated rings. The van der Waals surface area contributed by atoms with Gasteiger partial charge in [-0.15, -0.1) is 0 Å². The second-order valence-corrected chi connectivity index (χ2v) is 10.4. The van der Waals surface area contributed by atoms with Crippen molar-refractivity contribution in [1.29, 1.82) is 0 Å². The summed E-state index contributed by atoms with van der Waals surface area (Å²) in [7, 11) is 0. The molecule has 1 aliphatic heterocycles. The minimum Gasteiger partial charge on any atom is -0.480 e. The fourth-order valence-corrected chi connectivity index (χ4v) is 4.99. The van der Waals surface area contributed by atoms with Crippen molar-refractivity contribution in [2.24, 2.45) is 5.41 Å². The van der Waals surface area contributed by atoms with Gasteiger partial charge in [0.1, 0.15) is 12.6 Å². The maximum Gasteiger partial charge on any atom is 0.407 e. The molecule has 34 heavy (non-hydrogen) atoms. The lowest BCUT2D eigenvalue weighted by molar-refractivity contribution is -0.157. The third kappa shape index (κ3) is 5.08. The molecule has 0 spiro atoms. The number of fused-ring (bicyclic) bond motifs is 3. The van der Waals surface area contributed by atoms with Crippen LogP contribution in [0.4, 0.5) is 4.79 Å². The second kappa shape index (κ2) is 9.49. The summed E-state index contributed by atoms with van der Waals surface area (Å²) in [4.78, 5) is 38.2. The molecule has 0 saturated carbocycles. The lowest BCUT2D eigenvalue weighted by atomic mass is 9.86. The number of aliphatic carboxylic acids is 1. The van der Waals surface area contributed by atoms with E-state index >= 15 is 0 Å². The van der Waals surface area contributed by atoms with E-state index in [2.05, 4.69) is 29.6 Å². The number of carboxylic acids is 1. The van der Waals surface area contributed by atoms with Crippen LogP contribution in [0, 0.1) is 5.41 Å². The number of alkyl carbamates (subject to hydrolysis) is 1. The summed E-state index contributed by atoms with van der Waals surface area (Å²) in [5.41, 5.74) is 4.45. The molecular formula is C27H32N2O5. The van der Waals surface area contributed by atoms with Gasteiger partial charge in [-0.25, -0.2) is 9.59 Å². The molecule has 4 rings (SSSR count). The van der Waals surface area contributed by atoms with E-state index in [-0.39, 0.29) is 30.3 Å². The minimum absolute atomic E-state index is 0.0433. The monoisotopic (exact) mass is 464 g/mol. The van der Waals surface area contributed by atoms with E-state index < -0.39 is 24.1 Å². The molecule has 2 N–H and O–H groups in total. The summed E-state index contributed by atoms with van der Waals surface area (Å²) in [6.07, 6.45) is 0.507. The van der Waals surface area contributed by atoms with E-state index in [9.17, 15) is 19.5 Å². The Hall–Kier alpha value is -3.35. The molecule has 7 nitrogen and oxygen atoms in total. The Labute approximate surface area is 200 Å². The average Bonchev–Trinajstić information content (AvgIpc) is 3.03. The van der Waals surface area contributed by atoms with Crippen LogP contribution < -0.4 is 5.32 Å². The Balaban J connectivity index is 1.40. The highest BCUT2D eigenvalue weighted by molar-refractivity contribution is 5.86. The van der Waals surface area contributed by atoms with Gasteiger partial charge < -0.3 is 20.1 Å². The van der Waals surface area contributed by atoms with E-state index in [1.165, 1.54) is 4.90 Å². The molecule has 2 atom stereocenters. The SMILES string of the molecule is CC(C)(C)CC(CC(=O)N1CCC1C(=O)O)NC(=O)OCC1c2ccccc2-c2ccccc21. The molecule has 2 aliphatic rings. The first-order valence-corrected chi connectivity index (χ1v) is 11.8. The predicted molar refractivity (Wildman–Crippen MR) is 128 cm³/mol. The number of carbonyl (C=O) groups is 3. The lowest BCUT2D eigenvalue weighted by Gasteiger charge is -2.39. The van der Waals surface area contributed by atoms with Crippen LogP contribution in [0.1, 0.15) is 57.1 Å². The molecule has 1 aliphatic carbocycles. The number of nitrogens with zero attached hydrogens (tertiary/aromatic N) is 1. The molecule has 180 valence electrons. The zero-order valence-electron chi connectivity index (χ0n) is 19.9. The van der Waals surface area contributed by atoms with Gasteiger partial charge in [-0.2, -0.15) is 0 Å². The summed E-state index contributed by atoms with van der Waals surface area (Å²) in [5, 5.41) is 12.1. The van der Waals surface area contributed by atoms with Gasteiger partial charge in [-0.1, -0.05) is 69.3 Å². The van der Waals surface area contributed by atoms with E-state index in [0.717, 1.165) is 22.3 Å². The number of hydrogen-bond donors (Lipinski definition) is 2. The van der Waals surface area contributed by atoms with Gasteiger partial charge in [-0.3, -0.25) is 4.79 Å². The van der Waals surface area contributed by atoms with Gasteiger partial charge in [0, 0.05) is 24.9 Å². The van der Waals surface area contributed by atoms with Gasteiger partial charge in [0.05, 0.1) is 0 Å². The number of hydrogen-bond acceptors (Lipinski definition) is 4. The molecule has 2 unspecified atom stereocenters. The molecule has 7 heteroatoms. The van der Waals surface area contributed by atoms with Crippen LogP contribution in [0.5, 0.6) is 0 Å². The molecule has 2 amide bonds. The molecule has 1 saturated heterocycles. The quantitative estimate of drug-likeness (QED) is 0.633. The van der Waals surface area contributed by atoms with Crippen LogP contribution >= 0.6 is 0 Å². The van der Waals surface area contributed by atoms with E-state index in [4.69, 9.17) is 4.74 Å². The maximum atomic E-state index is 12.8. The number of amides is 2. The molecule has 0 bridgehead atoms. The number of rotatable bonds is 7. The first-order chi connectivity index (χ1) is 16.1. The van der Waals surface area contributed by atoms with Crippen LogP contribution in [0.2, 0.25) is 0 Å². The summed E-state index contributed by atoms with van der Waals surface area (Å²) in [6, 6.07) is 15.1. The summed E-state index contributed by atoms with van der Waals surface area (Å²) in [6.45, 7) is 6.74. The largest absolute Gasteiger partial charge is 0.480 e. The standard InChI is InChI=1S/C27H32N2O5/c1-27(2,3)15-17(14-24(30)29-13-12-23(29)25(31)32)28-26(33)34-16-22-20-10-6-4-8-18(20)19-9-5-7-11-21(19)22/h4-11,17,22-23H,12-16H2,1-3H3,(H,28,33)(H,31,32). The Morgan fingerprint density at radius 2 is 1.65 bits per heavy atom.